The van der Waals surface area contributed by atoms with E-state index in [0.29, 0.717) is 34.2 Å². The summed E-state index contributed by atoms with van der Waals surface area (Å²) in [6.07, 6.45) is 8.65. The van der Waals surface area contributed by atoms with Crippen molar-refractivity contribution in [2.75, 3.05) is 4.90 Å². The third kappa shape index (κ3) is 2.42. The third-order valence-electron chi connectivity index (χ3n) is 5.43. The van der Waals surface area contributed by atoms with Gasteiger partial charge in [-0.15, -0.1) is 0 Å². The molecular weight excluding hydrogens is 371 g/mol. The molecule has 2 unspecified atom stereocenters. The monoisotopic (exact) mass is 386 g/mol. The minimum Gasteiger partial charge on any atom is -0.350 e. The van der Waals surface area contributed by atoms with Crippen molar-refractivity contribution in [3.8, 4) is 5.69 Å². The lowest BCUT2D eigenvalue weighted by molar-refractivity contribution is -0.120. The van der Waals surface area contributed by atoms with Gasteiger partial charge in [0.2, 0.25) is 0 Å². The van der Waals surface area contributed by atoms with Crippen LogP contribution in [-0.2, 0) is 4.79 Å². The maximum absolute atomic E-state index is 12.0. The molecule has 5 nitrogen and oxygen atoms in total. The smallest absolute Gasteiger partial charge is 0.137 e. The zero-order valence-corrected chi connectivity index (χ0v) is 15.4. The van der Waals surface area contributed by atoms with E-state index in [1.165, 1.54) is 0 Å². The second kappa shape index (κ2) is 5.96. The molecule has 7 heteroatoms. The van der Waals surface area contributed by atoms with Crippen LogP contribution in [0.15, 0.2) is 36.9 Å². The van der Waals surface area contributed by atoms with Gasteiger partial charge in [0.1, 0.15) is 11.6 Å². The maximum Gasteiger partial charge on any atom is 0.137 e. The van der Waals surface area contributed by atoms with Crippen LogP contribution in [0.3, 0.4) is 0 Å². The molecule has 0 radical (unpaired) electrons. The number of halogens is 2. The highest BCUT2D eigenvalue weighted by Gasteiger charge is 2.41. The molecule has 2 aromatic heterocycles. The van der Waals surface area contributed by atoms with Gasteiger partial charge in [0.05, 0.1) is 27.6 Å². The van der Waals surface area contributed by atoms with Crippen LogP contribution in [0.1, 0.15) is 25.7 Å². The van der Waals surface area contributed by atoms with Gasteiger partial charge >= 0.3 is 0 Å². The zero-order valence-electron chi connectivity index (χ0n) is 13.9. The van der Waals surface area contributed by atoms with Gasteiger partial charge in [-0.1, -0.05) is 23.2 Å². The Morgan fingerprint density at radius 3 is 2.58 bits per heavy atom. The summed E-state index contributed by atoms with van der Waals surface area (Å²) >= 11 is 12.7. The molecule has 3 aromatic rings. The van der Waals surface area contributed by atoms with Gasteiger partial charge in [0.15, 0.2) is 0 Å². The minimum absolute atomic E-state index is 0.222. The lowest BCUT2D eigenvalue weighted by atomic mass is 10.0. The van der Waals surface area contributed by atoms with Crippen molar-refractivity contribution >= 4 is 45.7 Å². The molecular formula is C19H16Cl2N4O. The average molecular weight is 387 g/mol. The van der Waals surface area contributed by atoms with Crippen LogP contribution in [-0.4, -0.2) is 32.4 Å². The fourth-order valence-corrected chi connectivity index (χ4v) is 4.65. The number of carbonyl (C=O) groups is 1. The molecule has 0 saturated carbocycles. The van der Waals surface area contributed by atoms with Gasteiger partial charge in [-0.25, -0.2) is 9.97 Å². The Labute approximate surface area is 160 Å². The minimum atomic E-state index is 0.222. The fourth-order valence-electron chi connectivity index (χ4n) is 4.30. The molecule has 0 N–H and O–H groups in total. The van der Waals surface area contributed by atoms with E-state index in [9.17, 15) is 4.79 Å². The number of piperidine rings is 1. The van der Waals surface area contributed by atoms with E-state index in [1.807, 2.05) is 16.8 Å². The highest BCUT2D eigenvalue weighted by molar-refractivity contribution is 6.45. The summed E-state index contributed by atoms with van der Waals surface area (Å²) in [6, 6.07) is 6.23. The molecule has 2 fully saturated rings. The number of rotatable bonds is 2. The number of imidazole rings is 1. The molecule has 2 atom stereocenters. The molecule has 2 aliphatic heterocycles. The van der Waals surface area contributed by atoms with E-state index in [-0.39, 0.29) is 12.1 Å². The first-order valence-corrected chi connectivity index (χ1v) is 9.44. The van der Waals surface area contributed by atoms with E-state index < -0.39 is 0 Å². The summed E-state index contributed by atoms with van der Waals surface area (Å²) in [5.74, 6) is 1.20. The van der Waals surface area contributed by atoms with Crippen LogP contribution in [0.5, 0.6) is 0 Å². The van der Waals surface area contributed by atoms with Gasteiger partial charge in [0.25, 0.3) is 0 Å². The highest BCUT2D eigenvalue weighted by Crippen LogP contribution is 2.40. The van der Waals surface area contributed by atoms with Crippen LogP contribution in [0.25, 0.3) is 16.6 Å². The van der Waals surface area contributed by atoms with Crippen LogP contribution in [0, 0.1) is 0 Å². The average Bonchev–Trinajstić information content (AvgIpc) is 3.25. The Hall–Kier alpha value is -2.11. The lowest BCUT2D eigenvalue weighted by Gasteiger charge is -2.35. The number of pyridine rings is 1. The van der Waals surface area contributed by atoms with Crippen molar-refractivity contribution in [3.05, 3.63) is 47.0 Å². The highest BCUT2D eigenvalue weighted by atomic mass is 35.5. The zero-order chi connectivity index (χ0) is 17.8. The van der Waals surface area contributed by atoms with E-state index >= 15 is 0 Å². The van der Waals surface area contributed by atoms with Gasteiger partial charge in [-0.2, -0.15) is 0 Å². The summed E-state index contributed by atoms with van der Waals surface area (Å²) in [6.45, 7) is 0. The normalized spacial score (nSPS) is 22.4. The second-order valence-electron chi connectivity index (χ2n) is 6.97. The van der Waals surface area contributed by atoms with Gasteiger partial charge in [-0.3, -0.25) is 4.79 Å². The standard InChI is InChI=1S/C19H16Cl2N4O/c20-15-4-3-14-16(24-6-5-22-10-24)9-17(23-19(14)18(15)21)25-11-1-2-12(25)8-13(26)7-11/h3-6,9-12H,1-2,7-8H2. The lowest BCUT2D eigenvalue weighted by Crippen LogP contribution is -2.43. The summed E-state index contributed by atoms with van der Waals surface area (Å²) in [7, 11) is 0. The Bertz CT molecular complexity index is 1000. The van der Waals surface area contributed by atoms with Crippen LogP contribution in [0.2, 0.25) is 10.0 Å². The van der Waals surface area contributed by atoms with Crippen molar-refractivity contribution in [3.63, 3.8) is 0 Å². The molecule has 1 aromatic carbocycles. The van der Waals surface area contributed by atoms with Gasteiger partial charge in [0, 0.05) is 48.8 Å². The fraction of sp³-hybridized carbons (Fsp3) is 0.316. The molecule has 0 spiro atoms. The molecule has 0 amide bonds. The summed E-state index contributed by atoms with van der Waals surface area (Å²) in [5, 5.41) is 1.85. The van der Waals surface area contributed by atoms with Crippen molar-refractivity contribution < 1.29 is 4.79 Å². The van der Waals surface area contributed by atoms with E-state index in [1.54, 1.807) is 18.6 Å². The third-order valence-corrected chi connectivity index (χ3v) is 6.23. The number of nitrogens with zero attached hydrogens (tertiary/aromatic N) is 4. The van der Waals surface area contributed by atoms with E-state index in [0.717, 1.165) is 29.7 Å². The SMILES string of the molecule is O=C1CC2CCC(C1)N2c1cc(-n2ccnc2)c2ccc(Cl)c(Cl)c2n1. The number of benzene rings is 1. The number of hydrogen-bond acceptors (Lipinski definition) is 4. The number of ketones is 1. The molecule has 4 heterocycles. The van der Waals surface area contributed by atoms with E-state index in [2.05, 4.69) is 16.0 Å². The number of Topliss-reactive ketones (excluding diaryl/α,β-unsaturated/α-hetero) is 1. The van der Waals surface area contributed by atoms with Crippen LogP contribution < -0.4 is 4.90 Å². The van der Waals surface area contributed by atoms with Gasteiger partial charge in [-0.05, 0) is 25.0 Å². The number of fused-ring (bicyclic) bond motifs is 3. The Balaban J connectivity index is 1.74. The van der Waals surface area contributed by atoms with Crippen molar-refractivity contribution in [2.45, 2.75) is 37.8 Å². The summed E-state index contributed by atoms with van der Waals surface area (Å²) < 4.78 is 1.95. The molecule has 2 saturated heterocycles. The van der Waals surface area contributed by atoms with Crippen LogP contribution >= 0.6 is 23.2 Å². The predicted octanol–water partition coefficient (Wildman–Crippen LogP) is 4.43. The summed E-state index contributed by atoms with van der Waals surface area (Å²) in [5.41, 5.74) is 1.63. The largest absolute Gasteiger partial charge is 0.350 e. The molecule has 2 bridgehead atoms. The van der Waals surface area contributed by atoms with Crippen molar-refractivity contribution in [2.24, 2.45) is 0 Å². The van der Waals surface area contributed by atoms with Crippen LogP contribution in [0.4, 0.5) is 5.82 Å². The maximum atomic E-state index is 12.0. The Kier molecular flexibility index (Phi) is 3.69. The predicted molar refractivity (Wildman–Crippen MR) is 102 cm³/mol. The Morgan fingerprint density at radius 1 is 1.12 bits per heavy atom. The number of hydrogen-bond donors (Lipinski definition) is 0. The molecule has 2 aliphatic rings. The van der Waals surface area contributed by atoms with E-state index in [4.69, 9.17) is 28.2 Å². The molecule has 26 heavy (non-hydrogen) atoms. The molecule has 132 valence electrons. The van der Waals surface area contributed by atoms with Crippen molar-refractivity contribution in [1.82, 2.24) is 14.5 Å². The second-order valence-corrected chi connectivity index (χ2v) is 7.75. The topological polar surface area (TPSA) is 51.0 Å². The first kappa shape index (κ1) is 16.1. The number of carbonyl (C=O) groups excluding carboxylic acids is 1. The first-order valence-electron chi connectivity index (χ1n) is 8.69. The first-order chi connectivity index (χ1) is 12.6. The Morgan fingerprint density at radius 2 is 1.88 bits per heavy atom. The number of anilines is 1. The molecule has 0 aliphatic carbocycles. The summed E-state index contributed by atoms with van der Waals surface area (Å²) in [4.78, 5) is 23.3. The van der Waals surface area contributed by atoms with Gasteiger partial charge < -0.3 is 9.47 Å². The molecule has 5 rings (SSSR count). The number of aromatic nitrogens is 3. The quantitative estimate of drug-likeness (QED) is 0.653. The van der Waals surface area contributed by atoms with Crippen molar-refractivity contribution in [1.29, 1.82) is 0 Å².